The summed E-state index contributed by atoms with van der Waals surface area (Å²) in [5, 5.41) is 14.4. The number of allylic oxidation sites excluding steroid dienone is 1. The number of nitrogens with zero attached hydrogens (tertiary/aromatic N) is 2. The number of hydrogen-bond acceptors (Lipinski definition) is 9. The second-order valence-corrected chi connectivity index (χ2v) is 11.6. The zero-order valence-corrected chi connectivity index (χ0v) is 26.2. The second-order valence-electron chi connectivity index (χ2n) is 11.6. The Morgan fingerprint density at radius 3 is 2.13 bits per heavy atom. The van der Waals surface area contributed by atoms with Gasteiger partial charge in [-0.25, -0.2) is 9.59 Å². The van der Waals surface area contributed by atoms with E-state index in [0.717, 1.165) is 32.5 Å². The summed E-state index contributed by atoms with van der Waals surface area (Å²) in [6.45, 7) is 6.17. The van der Waals surface area contributed by atoms with Crippen LogP contribution in [0.4, 0.5) is 5.69 Å². The van der Waals surface area contributed by atoms with Crippen LogP contribution in [0.15, 0.2) is 108 Å². The third-order valence-corrected chi connectivity index (χ3v) is 8.94. The fraction of sp³-hybridized carbons (Fsp3) is 0.333. The molecule has 10 nitrogen and oxygen atoms in total. The maximum Gasteiger partial charge on any atom is 0.338 e. The quantitative estimate of drug-likeness (QED) is 0.126. The topological polar surface area (TPSA) is 137 Å². The molecule has 1 atom stereocenters. The monoisotopic (exact) mass is 624 g/mol. The Balaban J connectivity index is 1.26. The Morgan fingerprint density at radius 2 is 1.54 bits per heavy atom. The smallest absolute Gasteiger partial charge is 0.338 e. The van der Waals surface area contributed by atoms with Gasteiger partial charge in [0.25, 0.3) is 5.69 Å². The molecule has 10 heteroatoms. The molecule has 0 spiro atoms. The molecular weight excluding hydrogens is 584 g/mol. The maximum atomic E-state index is 13.6. The molecule has 0 aliphatic carbocycles. The van der Waals surface area contributed by atoms with Crippen molar-refractivity contribution in [2.24, 2.45) is 5.73 Å². The number of nitrogens with one attached hydrogen (secondary N) is 1. The predicted molar refractivity (Wildman–Crippen MR) is 174 cm³/mol. The summed E-state index contributed by atoms with van der Waals surface area (Å²) >= 11 is 0. The van der Waals surface area contributed by atoms with Crippen molar-refractivity contribution in [1.29, 1.82) is 0 Å². The molecular formula is C36H40N4O6. The van der Waals surface area contributed by atoms with Crippen LogP contribution in [0.3, 0.4) is 0 Å². The Kier molecular flexibility index (Phi) is 10.2. The van der Waals surface area contributed by atoms with Crippen molar-refractivity contribution in [3.63, 3.8) is 0 Å². The van der Waals surface area contributed by atoms with E-state index in [-0.39, 0.29) is 41.3 Å². The number of hydrogen-bond donors (Lipinski definition) is 2. The van der Waals surface area contributed by atoms with Gasteiger partial charge in [0, 0.05) is 29.8 Å². The van der Waals surface area contributed by atoms with Crippen molar-refractivity contribution in [3.05, 3.63) is 134 Å². The summed E-state index contributed by atoms with van der Waals surface area (Å²) in [5.74, 6) is -2.31. The van der Waals surface area contributed by atoms with E-state index in [4.69, 9.17) is 15.2 Å². The van der Waals surface area contributed by atoms with Crippen LogP contribution in [0, 0.1) is 10.1 Å². The molecule has 240 valence electrons. The average molecular weight is 625 g/mol. The van der Waals surface area contributed by atoms with E-state index in [9.17, 15) is 19.7 Å². The first-order valence-corrected chi connectivity index (χ1v) is 15.6. The summed E-state index contributed by atoms with van der Waals surface area (Å²) in [7, 11) is 0. The van der Waals surface area contributed by atoms with E-state index in [1.54, 1.807) is 19.9 Å². The van der Waals surface area contributed by atoms with E-state index in [1.165, 1.54) is 29.3 Å². The lowest BCUT2D eigenvalue weighted by Gasteiger charge is -2.43. The molecule has 3 aromatic carbocycles. The van der Waals surface area contributed by atoms with Gasteiger partial charge in [-0.05, 0) is 62.9 Å². The minimum absolute atomic E-state index is 0.00790. The van der Waals surface area contributed by atoms with Gasteiger partial charge in [-0.15, -0.1) is 0 Å². The third-order valence-electron chi connectivity index (χ3n) is 8.94. The highest BCUT2D eigenvalue weighted by molar-refractivity contribution is 5.99. The molecule has 46 heavy (non-hydrogen) atoms. The summed E-state index contributed by atoms with van der Waals surface area (Å²) < 4.78 is 11.0. The number of piperidine rings is 1. The maximum absolute atomic E-state index is 13.6. The van der Waals surface area contributed by atoms with Crippen molar-refractivity contribution < 1.29 is 24.0 Å². The molecule has 2 aliphatic heterocycles. The van der Waals surface area contributed by atoms with Gasteiger partial charge in [0.1, 0.15) is 5.82 Å². The summed E-state index contributed by atoms with van der Waals surface area (Å²) in [6.07, 6.45) is 2.58. The number of carbonyl (C=O) groups is 2. The van der Waals surface area contributed by atoms with Crippen LogP contribution in [0.2, 0.25) is 0 Å². The number of esters is 2. The number of likely N-dealkylation sites (tertiary alicyclic amines) is 1. The fourth-order valence-electron chi connectivity index (χ4n) is 6.66. The van der Waals surface area contributed by atoms with Crippen LogP contribution in [-0.2, 0) is 24.5 Å². The van der Waals surface area contributed by atoms with Gasteiger partial charge in [0.05, 0.1) is 35.2 Å². The zero-order valence-electron chi connectivity index (χ0n) is 26.2. The number of nitro benzene ring substituents is 1. The lowest BCUT2D eigenvalue weighted by atomic mass is 9.68. The van der Waals surface area contributed by atoms with Crippen LogP contribution in [0.25, 0.3) is 0 Å². The van der Waals surface area contributed by atoms with Crippen LogP contribution < -0.4 is 11.1 Å². The van der Waals surface area contributed by atoms with E-state index in [1.807, 2.05) is 12.1 Å². The number of nitrogens with two attached hydrogens (primary N) is 1. The number of carbonyl (C=O) groups excluding carboxylic acids is 2. The molecule has 1 fully saturated rings. The van der Waals surface area contributed by atoms with Crippen molar-refractivity contribution in [2.45, 2.75) is 44.4 Å². The van der Waals surface area contributed by atoms with Gasteiger partial charge >= 0.3 is 11.9 Å². The molecule has 0 amide bonds. The SMILES string of the molecule is CCOC(=O)C1=C(N)NC(C)=C(C(=O)OCCCN2CCC(c3ccccc3)(c3ccccc3)CC2)C1c1cccc([N+](=O)[O-])c1. The summed E-state index contributed by atoms with van der Waals surface area (Å²) in [6, 6.07) is 27.2. The first-order valence-electron chi connectivity index (χ1n) is 15.6. The summed E-state index contributed by atoms with van der Waals surface area (Å²) in [4.78, 5) is 40.1. The average Bonchev–Trinajstić information content (AvgIpc) is 3.07. The van der Waals surface area contributed by atoms with Crippen molar-refractivity contribution >= 4 is 17.6 Å². The molecule has 0 aromatic heterocycles. The molecule has 1 saturated heterocycles. The molecule has 5 rings (SSSR count). The Morgan fingerprint density at radius 1 is 0.935 bits per heavy atom. The lowest BCUT2D eigenvalue weighted by Crippen LogP contribution is -2.43. The normalized spacial score (nSPS) is 18.1. The van der Waals surface area contributed by atoms with Crippen molar-refractivity contribution in [3.8, 4) is 0 Å². The van der Waals surface area contributed by atoms with Crippen LogP contribution >= 0.6 is 0 Å². The van der Waals surface area contributed by atoms with Crippen LogP contribution in [0.1, 0.15) is 55.7 Å². The Bertz CT molecular complexity index is 1590. The number of nitro groups is 1. The van der Waals surface area contributed by atoms with Crippen LogP contribution in [-0.4, -0.2) is 54.6 Å². The largest absolute Gasteiger partial charge is 0.463 e. The number of non-ortho nitro benzene ring substituents is 1. The number of dihydropyridines is 1. The molecule has 0 saturated carbocycles. The molecule has 3 aromatic rings. The van der Waals surface area contributed by atoms with Crippen molar-refractivity contribution in [2.75, 3.05) is 32.8 Å². The zero-order chi connectivity index (χ0) is 32.7. The Labute approximate surface area is 269 Å². The van der Waals surface area contributed by atoms with Gasteiger partial charge < -0.3 is 25.4 Å². The van der Waals surface area contributed by atoms with Gasteiger partial charge in [-0.3, -0.25) is 10.1 Å². The predicted octanol–water partition coefficient (Wildman–Crippen LogP) is 5.30. The van der Waals surface area contributed by atoms with Crippen LogP contribution in [0.5, 0.6) is 0 Å². The minimum Gasteiger partial charge on any atom is -0.463 e. The molecule has 0 radical (unpaired) electrons. The molecule has 3 N–H and O–H groups in total. The van der Waals surface area contributed by atoms with Gasteiger partial charge in [0.15, 0.2) is 0 Å². The molecule has 2 heterocycles. The van der Waals surface area contributed by atoms with E-state index in [2.05, 4.69) is 58.7 Å². The number of benzene rings is 3. The van der Waals surface area contributed by atoms with E-state index < -0.39 is 22.8 Å². The van der Waals surface area contributed by atoms with E-state index >= 15 is 0 Å². The fourth-order valence-corrected chi connectivity index (χ4v) is 6.66. The van der Waals surface area contributed by atoms with Gasteiger partial charge in [0.2, 0.25) is 0 Å². The van der Waals surface area contributed by atoms with Gasteiger partial charge in [-0.1, -0.05) is 72.8 Å². The molecule has 2 aliphatic rings. The first kappa shape index (κ1) is 32.4. The van der Waals surface area contributed by atoms with E-state index in [0.29, 0.717) is 17.7 Å². The number of ether oxygens (including phenoxy) is 2. The number of rotatable bonds is 11. The molecule has 0 bridgehead atoms. The Hall–Kier alpha value is -4.96. The first-order chi connectivity index (χ1) is 22.2. The standard InChI is InChI=1S/C36H40N4O6/c1-3-45-35(42)32-31(26-12-10-17-29(24-26)40(43)44)30(25(2)38-33(32)37)34(41)46-23-11-20-39-21-18-36(19-22-39,27-13-6-4-7-14-27)28-15-8-5-9-16-28/h4-10,12-17,24,31,38H,3,11,18-23,37H2,1-2H3. The molecule has 1 unspecified atom stereocenters. The van der Waals surface area contributed by atoms with Gasteiger partial charge in [-0.2, -0.15) is 0 Å². The lowest BCUT2D eigenvalue weighted by molar-refractivity contribution is -0.384. The second kappa shape index (κ2) is 14.4. The third kappa shape index (κ3) is 6.82. The minimum atomic E-state index is -1.00. The summed E-state index contributed by atoms with van der Waals surface area (Å²) in [5.41, 5.74) is 9.60. The highest BCUT2D eigenvalue weighted by atomic mass is 16.6. The van der Waals surface area contributed by atoms with Crippen molar-refractivity contribution in [1.82, 2.24) is 10.2 Å². The highest BCUT2D eigenvalue weighted by Gasteiger charge is 2.40. The highest BCUT2D eigenvalue weighted by Crippen LogP contribution is 2.42.